The predicted molar refractivity (Wildman–Crippen MR) is 129 cm³/mol. The number of anilines is 2. The lowest BCUT2D eigenvalue weighted by molar-refractivity contribution is -0.0202. The van der Waals surface area contributed by atoms with E-state index in [-0.39, 0.29) is 5.92 Å². The molecule has 0 amide bonds. The molecule has 4 aromatic rings. The third kappa shape index (κ3) is 5.15. The van der Waals surface area contributed by atoms with Crippen LogP contribution in [0.15, 0.2) is 24.3 Å². The minimum absolute atomic E-state index is 0.226. The monoisotopic (exact) mass is 491 g/mol. The molecule has 0 aliphatic carbocycles. The van der Waals surface area contributed by atoms with Gasteiger partial charge in [0.1, 0.15) is 0 Å². The number of hydrogen-bond donors (Lipinski definition) is 1. The Hall–Kier alpha value is -3.99. The van der Waals surface area contributed by atoms with Gasteiger partial charge in [0.25, 0.3) is 0 Å². The van der Waals surface area contributed by atoms with Gasteiger partial charge in [-0.25, -0.2) is 0 Å². The summed E-state index contributed by atoms with van der Waals surface area (Å²) in [6.45, 7) is 4.93. The van der Waals surface area contributed by atoms with Crippen LogP contribution in [0.25, 0.3) is 11.3 Å². The Labute approximate surface area is 207 Å². The summed E-state index contributed by atoms with van der Waals surface area (Å²) in [5.41, 5.74) is 0.461. The van der Waals surface area contributed by atoms with Gasteiger partial charge in [-0.15, -0.1) is 29.7 Å². The van der Waals surface area contributed by atoms with E-state index >= 15 is 0 Å². The molecule has 0 aromatic carbocycles. The molecule has 188 valence electrons. The SMILES string of the molecule is CC(O)(CCCCN(CCC#N)c1ccc2nnnn2n1)C1CCN(c2ccc3nnnn3n2)CC1. The van der Waals surface area contributed by atoms with Gasteiger partial charge in [0.2, 0.25) is 0 Å². The van der Waals surface area contributed by atoms with Crippen LogP contribution in [0.3, 0.4) is 0 Å². The quantitative estimate of drug-likeness (QED) is 0.312. The van der Waals surface area contributed by atoms with E-state index in [0.717, 1.165) is 63.4 Å². The van der Waals surface area contributed by atoms with Crippen molar-refractivity contribution in [1.29, 1.82) is 5.26 Å². The van der Waals surface area contributed by atoms with Crippen molar-refractivity contribution >= 4 is 22.9 Å². The topological polar surface area (TPSA) is 162 Å². The van der Waals surface area contributed by atoms with E-state index in [1.807, 2.05) is 31.2 Å². The molecule has 14 nitrogen and oxygen atoms in total. The minimum atomic E-state index is -0.736. The van der Waals surface area contributed by atoms with Gasteiger partial charge in [-0.3, -0.25) is 0 Å². The molecular weight excluding hydrogens is 462 g/mol. The summed E-state index contributed by atoms with van der Waals surface area (Å²) in [5, 5.41) is 52.1. The predicted octanol–water partition coefficient (Wildman–Crippen LogP) is 0.910. The van der Waals surface area contributed by atoms with Crippen LogP contribution >= 0.6 is 0 Å². The van der Waals surface area contributed by atoms with Crippen molar-refractivity contribution < 1.29 is 5.11 Å². The van der Waals surface area contributed by atoms with Crippen LogP contribution in [0.5, 0.6) is 0 Å². The average molecular weight is 492 g/mol. The van der Waals surface area contributed by atoms with E-state index in [4.69, 9.17) is 5.26 Å². The molecule has 0 spiro atoms. The van der Waals surface area contributed by atoms with Gasteiger partial charge in [0, 0.05) is 26.2 Å². The molecule has 5 heterocycles. The first-order chi connectivity index (χ1) is 17.5. The normalized spacial score (nSPS) is 16.3. The van der Waals surface area contributed by atoms with Gasteiger partial charge in [-0.05, 0) is 90.1 Å². The molecule has 0 saturated carbocycles. The number of nitrogens with zero attached hydrogens (tertiary/aromatic N) is 13. The molecule has 5 rings (SSSR count). The number of rotatable bonds is 10. The molecule has 1 aliphatic rings. The molecule has 0 radical (unpaired) electrons. The summed E-state index contributed by atoms with van der Waals surface area (Å²) in [4.78, 5) is 4.29. The first-order valence-electron chi connectivity index (χ1n) is 12.2. The Balaban J connectivity index is 1.11. The summed E-state index contributed by atoms with van der Waals surface area (Å²) >= 11 is 0. The van der Waals surface area contributed by atoms with Crippen molar-refractivity contribution in [3.63, 3.8) is 0 Å². The Kier molecular flexibility index (Phi) is 6.81. The number of aromatic nitrogens is 10. The number of aliphatic hydroxyl groups is 1. The van der Waals surface area contributed by atoms with Crippen LogP contribution in [0.1, 0.15) is 45.4 Å². The van der Waals surface area contributed by atoms with Crippen molar-refractivity contribution in [3.05, 3.63) is 24.3 Å². The highest BCUT2D eigenvalue weighted by Crippen LogP contribution is 2.33. The molecule has 4 aromatic heterocycles. The summed E-state index contributed by atoms with van der Waals surface area (Å²) in [5.74, 6) is 1.81. The van der Waals surface area contributed by atoms with E-state index in [9.17, 15) is 5.11 Å². The highest BCUT2D eigenvalue weighted by atomic mass is 16.3. The van der Waals surface area contributed by atoms with Gasteiger partial charge < -0.3 is 14.9 Å². The van der Waals surface area contributed by atoms with E-state index in [1.165, 1.54) is 9.26 Å². The molecule has 14 heteroatoms. The Morgan fingerprint density at radius 1 is 1.00 bits per heavy atom. The van der Waals surface area contributed by atoms with Gasteiger partial charge in [0.05, 0.1) is 18.1 Å². The largest absolute Gasteiger partial charge is 0.390 e. The third-order valence-corrected chi connectivity index (χ3v) is 6.99. The van der Waals surface area contributed by atoms with Crippen molar-refractivity contribution in [1.82, 2.24) is 50.5 Å². The van der Waals surface area contributed by atoms with Gasteiger partial charge >= 0.3 is 0 Å². The summed E-state index contributed by atoms with van der Waals surface area (Å²) in [6.07, 6.45) is 4.67. The first kappa shape index (κ1) is 23.7. The van der Waals surface area contributed by atoms with Crippen molar-refractivity contribution in [2.24, 2.45) is 5.92 Å². The molecule has 1 aliphatic heterocycles. The number of piperidine rings is 1. The molecule has 1 unspecified atom stereocenters. The molecule has 1 saturated heterocycles. The molecule has 36 heavy (non-hydrogen) atoms. The highest BCUT2D eigenvalue weighted by Gasteiger charge is 2.34. The summed E-state index contributed by atoms with van der Waals surface area (Å²) in [7, 11) is 0. The molecular formula is C22H29N13O. The minimum Gasteiger partial charge on any atom is -0.390 e. The molecule has 1 atom stereocenters. The lowest BCUT2D eigenvalue weighted by Crippen LogP contribution is -2.44. The van der Waals surface area contributed by atoms with Gasteiger partial charge in [0.15, 0.2) is 22.9 Å². The zero-order valence-corrected chi connectivity index (χ0v) is 20.2. The van der Waals surface area contributed by atoms with Crippen LogP contribution in [0.2, 0.25) is 0 Å². The Bertz CT molecular complexity index is 1330. The van der Waals surface area contributed by atoms with Crippen LogP contribution in [-0.4, -0.2) is 87.4 Å². The van der Waals surface area contributed by atoms with E-state index in [1.54, 1.807) is 0 Å². The molecule has 1 N–H and O–H groups in total. The third-order valence-electron chi connectivity index (χ3n) is 6.99. The second-order valence-electron chi connectivity index (χ2n) is 9.41. The maximum Gasteiger partial charge on any atom is 0.200 e. The lowest BCUT2D eigenvalue weighted by atomic mass is 9.79. The van der Waals surface area contributed by atoms with Crippen molar-refractivity contribution in [2.75, 3.05) is 36.0 Å². The second-order valence-corrected chi connectivity index (χ2v) is 9.41. The number of fused-ring (bicyclic) bond motifs is 2. The fraction of sp³-hybridized carbons (Fsp3) is 0.591. The summed E-state index contributed by atoms with van der Waals surface area (Å²) in [6, 6.07) is 9.69. The zero-order valence-electron chi connectivity index (χ0n) is 20.2. The fourth-order valence-electron chi connectivity index (χ4n) is 4.86. The highest BCUT2D eigenvalue weighted by molar-refractivity contribution is 5.45. The van der Waals surface area contributed by atoms with E-state index < -0.39 is 5.60 Å². The van der Waals surface area contributed by atoms with E-state index in [0.29, 0.717) is 24.3 Å². The maximum atomic E-state index is 11.3. The Morgan fingerprint density at radius 3 is 2.42 bits per heavy atom. The fourth-order valence-corrected chi connectivity index (χ4v) is 4.86. The van der Waals surface area contributed by atoms with Gasteiger partial charge in [-0.2, -0.15) is 5.26 Å². The molecule has 1 fully saturated rings. The number of nitriles is 1. The van der Waals surface area contributed by atoms with Crippen molar-refractivity contribution in [2.45, 2.75) is 51.0 Å². The smallest absolute Gasteiger partial charge is 0.200 e. The first-order valence-corrected chi connectivity index (χ1v) is 12.2. The Morgan fingerprint density at radius 2 is 1.69 bits per heavy atom. The summed E-state index contributed by atoms with van der Waals surface area (Å²) < 4.78 is 2.83. The second kappa shape index (κ2) is 10.3. The molecule has 0 bridgehead atoms. The van der Waals surface area contributed by atoms with Crippen LogP contribution in [-0.2, 0) is 0 Å². The zero-order chi connectivity index (χ0) is 25.0. The van der Waals surface area contributed by atoms with Crippen LogP contribution < -0.4 is 9.80 Å². The number of hydrogen-bond acceptors (Lipinski definition) is 12. The van der Waals surface area contributed by atoms with E-state index in [2.05, 4.69) is 57.1 Å². The lowest BCUT2D eigenvalue weighted by Gasteiger charge is -2.40. The standard InChI is InChI=1S/C22H29N13O/c1-22(36,17-9-15-33(16-10-17)21-8-6-19-25-29-31-35(19)27-21)11-2-3-13-32(14-4-12-23)20-7-5-18-24-28-30-34(18)26-20/h5-8,17,36H,2-4,9-11,13-16H2,1H3. The van der Waals surface area contributed by atoms with Gasteiger partial charge in [-0.1, -0.05) is 0 Å². The number of unbranched alkanes of at least 4 members (excludes halogenated alkanes) is 1. The van der Waals surface area contributed by atoms with Crippen LogP contribution in [0, 0.1) is 17.2 Å². The van der Waals surface area contributed by atoms with Crippen LogP contribution in [0.4, 0.5) is 11.6 Å². The average Bonchev–Trinajstić information content (AvgIpc) is 3.57. The maximum absolute atomic E-state index is 11.3. The van der Waals surface area contributed by atoms with Crippen molar-refractivity contribution in [3.8, 4) is 6.07 Å². The number of tetrazole rings is 2.